The molecule has 0 spiro atoms. The van der Waals surface area contributed by atoms with Gasteiger partial charge in [0.1, 0.15) is 5.15 Å². The highest BCUT2D eigenvalue weighted by Crippen LogP contribution is 2.28. The van der Waals surface area contributed by atoms with Gasteiger partial charge in [0.15, 0.2) is 0 Å². The average molecular weight is 310 g/mol. The number of pyridine rings is 1. The summed E-state index contributed by atoms with van der Waals surface area (Å²) in [6.07, 6.45) is 1.49. The number of nitrogens with one attached hydrogen (secondary N) is 1. The van der Waals surface area contributed by atoms with E-state index in [1.54, 1.807) is 18.2 Å². The van der Waals surface area contributed by atoms with Gasteiger partial charge in [0.25, 0.3) is 5.91 Å². The predicted molar refractivity (Wildman–Crippen MR) is 83.0 cm³/mol. The topological polar surface area (TPSA) is 45.2 Å². The van der Waals surface area contributed by atoms with Crippen LogP contribution < -0.4 is 10.2 Å². The Labute approximate surface area is 127 Å². The zero-order chi connectivity index (χ0) is 14.7. The number of benzene rings is 1. The summed E-state index contributed by atoms with van der Waals surface area (Å²) >= 11 is 11.8. The average Bonchev–Trinajstić information content (AvgIpc) is 2.38. The van der Waals surface area contributed by atoms with E-state index < -0.39 is 0 Å². The number of nitrogens with zero attached hydrogens (tertiary/aromatic N) is 2. The molecule has 0 aliphatic rings. The quantitative estimate of drug-likeness (QED) is 0.879. The van der Waals surface area contributed by atoms with E-state index in [9.17, 15) is 4.79 Å². The SMILES string of the molecule is CN(C)c1ccc(Cl)cc1NC(=O)c1ccnc(Cl)c1. The molecule has 1 aromatic carbocycles. The summed E-state index contributed by atoms with van der Waals surface area (Å²) < 4.78 is 0. The molecule has 0 saturated heterocycles. The third-order valence-corrected chi connectivity index (χ3v) is 3.12. The molecule has 2 aromatic rings. The summed E-state index contributed by atoms with van der Waals surface area (Å²) in [5, 5.41) is 3.65. The number of anilines is 2. The summed E-state index contributed by atoms with van der Waals surface area (Å²) in [4.78, 5) is 17.9. The van der Waals surface area contributed by atoms with Crippen molar-refractivity contribution >= 4 is 40.5 Å². The van der Waals surface area contributed by atoms with E-state index in [1.165, 1.54) is 12.3 Å². The predicted octanol–water partition coefficient (Wildman–Crippen LogP) is 3.71. The van der Waals surface area contributed by atoms with E-state index in [4.69, 9.17) is 23.2 Å². The molecule has 2 rings (SSSR count). The molecule has 1 aromatic heterocycles. The molecule has 1 amide bonds. The lowest BCUT2D eigenvalue weighted by atomic mass is 10.2. The maximum absolute atomic E-state index is 12.2. The van der Waals surface area contributed by atoms with Crippen LogP contribution in [0.1, 0.15) is 10.4 Å². The van der Waals surface area contributed by atoms with Crippen LogP contribution in [-0.4, -0.2) is 25.0 Å². The van der Waals surface area contributed by atoms with Crippen molar-refractivity contribution in [1.82, 2.24) is 4.98 Å². The van der Waals surface area contributed by atoms with Crippen LogP contribution in [0.5, 0.6) is 0 Å². The van der Waals surface area contributed by atoms with E-state index in [1.807, 2.05) is 25.1 Å². The third kappa shape index (κ3) is 3.40. The van der Waals surface area contributed by atoms with Crippen molar-refractivity contribution in [2.75, 3.05) is 24.3 Å². The summed E-state index contributed by atoms with van der Waals surface area (Å²) in [7, 11) is 3.78. The Balaban J connectivity index is 2.30. The van der Waals surface area contributed by atoms with Crippen molar-refractivity contribution in [1.29, 1.82) is 0 Å². The molecule has 4 nitrogen and oxygen atoms in total. The van der Waals surface area contributed by atoms with Crippen molar-refractivity contribution in [3.05, 3.63) is 52.3 Å². The Bertz CT molecular complexity index is 644. The molecule has 0 fully saturated rings. The zero-order valence-corrected chi connectivity index (χ0v) is 12.5. The van der Waals surface area contributed by atoms with Crippen molar-refractivity contribution in [3.8, 4) is 0 Å². The first-order valence-electron chi connectivity index (χ1n) is 5.87. The van der Waals surface area contributed by atoms with Crippen LogP contribution in [0.25, 0.3) is 0 Å². The number of halogens is 2. The fourth-order valence-corrected chi connectivity index (χ4v) is 2.08. The van der Waals surface area contributed by atoms with Crippen LogP contribution in [0.15, 0.2) is 36.5 Å². The van der Waals surface area contributed by atoms with Gasteiger partial charge in [0, 0.05) is 30.9 Å². The van der Waals surface area contributed by atoms with Crippen molar-refractivity contribution in [3.63, 3.8) is 0 Å². The molecule has 0 unspecified atom stereocenters. The van der Waals surface area contributed by atoms with Crippen molar-refractivity contribution in [2.45, 2.75) is 0 Å². The normalized spacial score (nSPS) is 10.2. The van der Waals surface area contributed by atoms with Gasteiger partial charge < -0.3 is 10.2 Å². The molecule has 0 aliphatic carbocycles. The van der Waals surface area contributed by atoms with Crippen LogP contribution in [-0.2, 0) is 0 Å². The van der Waals surface area contributed by atoms with Crippen molar-refractivity contribution < 1.29 is 4.79 Å². The molecule has 104 valence electrons. The van der Waals surface area contributed by atoms with E-state index >= 15 is 0 Å². The highest BCUT2D eigenvalue weighted by molar-refractivity contribution is 6.31. The van der Waals surface area contributed by atoms with Gasteiger partial charge in [-0.05, 0) is 30.3 Å². The Kier molecular flexibility index (Phi) is 4.47. The maximum Gasteiger partial charge on any atom is 0.255 e. The van der Waals surface area contributed by atoms with Gasteiger partial charge in [-0.1, -0.05) is 23.2 Å². The third-order valence-electron chi connectivity index (χ3n) is 2.68. The molecular weight excluding hydrogens is 297 g/mol. The summed E-state index contributed by atoms with van der Waals surface area (Å²) in [6, 6.07) is 8.43. The Morgan fingerprint density at radius 2 is 1.95 bits per heavy atom. The van der Waals surface area contributed by atoms with E-state index in [2.05, 4.69) is 10.3 Å². The molecule has 1 N–H and O–H groups in total. The lowest BCUT2D eigenvalue weighted by molar-refractivity contribution is 0.102. The first kappa shape index (κ1) is 14.6. The van der Waals surface area contributed by atoms with Crippen LogP contribution in [0.4, 0.5) is 11.4 Å². The molecule has 0 atom stereocenters. The van der Waals surface area contributed by atoms with Gasteiger partial charge in [-0.25, -0.2) is 4.98 Å². The standard InChI is InChI=1S/C14H13Cl2N3O/c1-19(2)12-4-3-10(15)8-11(12)18-14(20)9-5-6-17-13(16)7-9/h3-8H,1-2H3,(H,18,20). The van der Waals surface area contributed by atoms with Gasteiger partial charge in [0.2, 0.25) is 0 Å². The van der Waals surface area contributed by atoms with Gasteiger partial charge in [-0.3, -0.25) is 4.79 Å². The number of carbonyl (C=O) groups excluding carboxylic acids is 1. The number of hydrogen-bond acceptors (Lipinski definition) is 3. The minimum atomic E-state index is -0.264. The Morgan fingerprint density at radius 1 is 1.20 bits per heavy atom. The molecule has 0 bridgehead atoms. The van der Waals surface area contributed by atoms with Crippen molar-refractivity contribution in [2.24, 2.45) is 0 Å². The molecule has 20 heavy (non-hydrogen) atoms. The molecular formula is C14H13Cl2N3O. The molecule has 6 heteroatoms. The maximum atomic E-state index is 12.2. The highest BCUT2D eigenvalue weighted by Gasteiger charge is 2.11. The van der Waals surface area contributed by atoms with E-state index in [0.29, 0.717) is 16.3 Å². The fourth-order valence-electron chi connectivity index (χ4n) is 1.74. The van der Waals surface area contributed by atoms with E-state index in [0.717, 1.165) is 5.69 Å². The van der Waals surface area contributed by atoms with E-state index in [-0.39, 0.29) is 11.1 Å². The fraction of sp³-hybridized carbons (Fsp3) is 0.143. The first-order chi connectivity index (χ1) is 9.47. The number of hydrogen-bond donors (Lipinski definition) is 1. The summed E-state index contributed by atoms with van der Waals surface area (Å²) in [5.41, 5.74) is 1.94. The van der Waals surface area contributed by atoms with Crippen LogP contribution in [0.3, 0.4) is 0 Å². The first-order valence-corrected chi connectivity index (χ1v) is 6.63. The van der Waals surface area contributed by atoms with Crippen LogP contribution in [0, 0.1) is 0 Å². The Morgan fingerprint density at radius 3 is 2.60 bits per heavy atom. The second-order valence-corrected chi connectivity index (χ2v) is 5.20. The van der Waals surface area contributed by atoms with Gasteiger partial charge >= 0.3 is 0 Å². The lowest BCUT2D eigenvalue weighted by Crippen LogP contribution is -2.16. The number of carbonyl (C=O) groups is 1. The van der Waals surface area contributed by atoms with Crippen LogP contribution >= 0.6 is 23.2 Å². The smallest absolute Gasteiger partial charge is 0.255 e. The number of aromatic nitrogens is 1. The summed E-state index contributed by atoms with van der Waals surface area (Å²) in [5.74, 6) is -0.264. The summed E-state index contributed by atoms with van der Waals surface area (Å²) in [6.45, 7) is 0. The zero-order valence-electron chi connectivity index (χ0n) is 11.0. The molecule has 1 heterocycles. The highest BCUT2D eigenvalue weighted by atomic mass is 35.5. The van der Waals surface area contributed by atoms with Gasteiger partial charge in [0.05, 0.1) is 11.4 Å². The number of amides is 1. The largest absolute Gasteiger partial charge is 0.376 e. The number of rotatable bonds is 3. The Hall–Kier alpha value is -1.78. The molecule has 0 aliphatic heterocycles. The van der Waals surface area contributed by atoms with Gasteiger partial charge in [-0.15, -0.1) is 0 Å². The van der Waals surface area contributed by atoms with Crippen LogP contribution in [0.2, 0.25) is 10.2 Å². The second kappa shape index (κ2) is 6.11. The minimum absolute atomic E-state index is 0.264. The molecule has 0 saturated carbocycles. The monoisotopic (exact) mass is 309 g/mol. The van der Waals surface area contributed by atoms with Gasteiger partial charge in [-0.2, -0.15) is 0 Å². The lowest BCUT2D eigenvalue weighted by Gasteiger charge is -2.18. The second-order valence-electron chi connectivity index (χ2n) is 4.38. The molecule has 0 radical (unpaired) electrons. The minimum Gasteiger partial charge on any atom is -0.376 e.